The maximum atomic E-state index is 10.8. The second-order valence-corrected chi connectivity index (χ2v) is 7.54. The Morgan fingerprint density at radius 2 is 1.77 bits per heavy atom. The van der Waals surface area contributed by atoms with Crippen LogP contribution in [-0.2, 0) is 0 Å². The Morgan fingerprint density at radius 1 is 0.962 bits per heavy atom. The summed E-state index contributed by atoms with van der Waals surface area (Å²) in [7, 11) is 0. The Labute approximate surface area is 154 Å². The average Bonchev–Trinajstić information content (AvgIpc) is 3.33. The molecular formula is C17H9N5O2S2. The summed E-state index contributed by atoms with van der Waals surface area (Å²) in [6.45, 7) is 0. The fourth-order valence-electron chi connectivity index (χ4n) is 2.64. The predicted octanol–water partition coefficient (Wildman–Crippen LogP) is 4.64. The molecule has 5 aromatic rings. The molecule has 0 aliphatic rings. The van der Waals surface area contributed by atoms with E-state index in [1.54, 1.807) is 28.0 Å². The molecule has 3 aromatic heterocycles. The van der Waals surface area contributed by atoms with Gasteiger partial charge in [0, 0.05) is 17.7 Å². The van der Waals surface area contributed by atoms with Crippen LogP contribution in [0, 0.1) is 10.1 Å². The van der Waals surface area contributed by atoms with Crippen molar-refractivity contribution >= 4 is 43.5 Å². The molecule has 0 spiro atoms. The van der Waals surface area contributed by atoms with E-state index < -0.39 is 4.92 Å². The number of benzene rings is 2. The molecule has 5 rings (SSSR count). The zero-order valence-corrected chi connectivity index (χ0v) is 14.7. The summed E-state index contributed by atoms with van der Waals surface area (Å²) < 4.78 is 2.85. The minimum Gasteiger partial charge on any atom is -0.258 e. The van der Waals surface area contributed by atoms with E-state index in [0.29, 0.717) is 0 Å². The lowest BCUT2D eigenvalue weighted by Crippen LogP contribution is -1.87. The van der Waals surface area contributed by atoms with E-state index in [-0.39, 0.29) is 5.69 Å². The van der Waals surface area contributed by atoms with E-state index in [2.05, 4.69) is 15.1 Å². The summed E-state index contributed by atoms with van der Waals surface area (Å²) >= 11 is 3.08. The van der Waals surface area contributed by atoms with Crippen LogP contribution in [0.25, 0.3) is 36.5 Å². The first-order chi connectivity index (χ1) is 12.7. The van der Waals surface area contributed by atoms with E-state index in [0.717, 1.165) is 36.5 Å². The highest BCUT2D eigenvalue weighted by molar-refractivity contribution is 7.26. The highest BCUT2D eigenvalue weighted by Crippen LogP contribution is 2.33. The lowest BCUT2D eigenvalue weighted by molar-refractivity contribution is -0.384. The molecule has 2 aromatic carbocycles. The predicted molar refractivity (Wildman–Crippen MR) is 102 cm³/mol. The van der Waals surface area contributed by atoms with Crippen molar-refractivity contribution in [3.63, 3.8) is 0 Å². The number of hydrogen-bond donors (Lipinski definition) is 0. The van der Waals surface area contributed by atoms with Gasteiger partial charge in [0.15, 0.2) is 10.0 Å². The molecule has 0 aliphatic carbocycles. The molecule has 26 heavy (non-hydrogen) atoms. The first-order valence-corrected chi connectivity index (χ1v) is 9.28. The first kappa shape index (κ1) is 15.1. The van der Waals surface area contributed by atoms with E-state index in [1.165, 1.54) is 23.5 Å². The number of rotatable bonds is 3. The van der Waals surface area contributed by atoms with Crippen molar-refractivity contribution in [1.82, 2.24) is 19.6 Å². The Balaban J connectivity index is 1.52. The molecule has 0 saturated carbocycles. The number of fused-ring (bicyclic) bond motifs is 2. The number of thiazole rings is 1. The summed E-state index contributed by atoms with van der Waals surface area (Å²) in [5, 5.41) is 17.0. The normalized spacial score (nSPS) is 11.4. The molecule has 9 heteroatoms. The van der Waals surface area contributed by atoms with Gasteiger partial charge in [-0.2, -0.15) is 5.10 Å². The summed E-state index contributed by atoms with van der Waals surface area (Å²) in [5.74, 6) is 0. The van der Waals surface area contributed by atoms with Crippen LogP contribution in [0.15, 0.2) is 54.7 Å². The molecule has 0 bridgehead atoms. The zero-order chi connectivity index (χ0) is 17.7. The third-order valence-corrected chi connectivity index (χ3v) is 6.00. The number of aromatic nitrogens is 4. The van der Waals surface area contributed by atoms with Gasteiger partial charge in [0.2, 0.25) is 4.96 Å². The third-order valence-electron chi connectivity index (χ3n) is 3.89. The largest absolute Gasteiger partial charge is 0.269 e. The van der Waals surface area contributed by atoms with Gasteiger partial charge in [-0.05, 0) is 24.3 Å². The molecule has 126 valence electrons. The maximum absolute atomic E-state index is 10.8. The fraction of sp³-hybridized carbons (Fsp3) is 0. The van der Waals surface area contributed by atoms with Crippen LogP contribution in [-0.4, -0.2) is 24.5 Å². The maximum Gasteiger partial charge on any atom is 0.269 e. The molecule has 0 radical (unpaired) electrons. The summed E-state index contributed by atoms with van der Waals surface area (Å²) in [5.41, 5.74) is 2.57. The SMILES string of the molecule is O=[N+]([O-])c1ccc(-c2cn3nc(-c4nc5ccccc5s4)sc3n2)cc1. The van der Waals surface area contributed by atoms with Gasteiger partial charge in [-0.1, -0.05) is 23.5 Å². The van der Waals surface area contributed by atoms with Crippen LogP contribution >= 0.6 is 22.7 Å². The van der Waals surface area contributed by atoms with Gasteiger partial charge in [-0.3, -0.25) is 10.1 Å². The number of hydrogen-bond acceptors (Lipinski definition) is 7. The summed E-state index contributed by atoms with van der Waals surface area (Å²) in [6, 6.07) is 14.3. The highest BCUT2D eigenvalue weighted by atomic mass is 32.1. The minimum absolute atomic E-state index is 0.0611. The van der Waals surface area contributed by atoms with Gasteiger partial charge in [0.25, 0.3) is 5.69 Å². The second-order valence-electron chi connectivity index (χ2n) is 5.55. The lowest BCUT2D eigenvalue weighted by Gasteiger charge is -1.95. The molecule has 0 fully saturated rings. The van der Waals surface area contributed by atoms with Crippen molar-refractivity contribution in [3.05, 3.63) is 64.8 Å². The van der Waals surface area contributed by atoms with Gasteiger partial charge in [0.1, 0.15) is 0 Å². The monoisotopic (exact) mass is 379 g/mol. The van der Waals surface area contributed by atoms with Crippen molar-refractivity contribution < 1.29 is 4.92 Å². The topological polar surface area (TPSA) is 86.2 Å². The number of nitro groups is 1. The van der Waals surface area contributed by atoms with Crippen LogP contribution in [0.2, 0.25) is 0 Å². The Hall–Kier alpha value is -3.17. The summed E-state index contributed by atoms with van der Waals surface area (Å²) in [6.07, 6.45) is 1.82. The average molecular weight is 379 g/mol. The molecule has 0 atom stereocenters. The highest BCUT2D eigenvalue weighted by Gasteiger charge is 2.15. The molecular weight excluding hydrogens is 370 g/mol. The standard InChI is InChI=1S/C17H9N5O2S2/c23-22(24)11-7-5-10(6-8-11)13-9-21-17(19-13)26-16(20-21)15-18-12-3-1-2-4-14(12)25-15/h1-9H. The quantitative estimate of drug-likeness (QED) is 0.337. The number of non-ortho nitro benzene ring substituents is 1. The van der Waals surface area contributed by atoms with Gasteiger partial charge in [-0.25, -0.2) is 14.5 Å². The van der Waals surface area contributed by atoms with E-state index >= 15 is 0 Å². The first-order valence-electron chi connectivity index (χ1n) is 7.64. The summed E-state index contributed by atoms with van der Waals surface area (Å²) in [4.78, 5) is 20.3. The molecule has 0 unspecified atom stereocenters. The van der Waals surface area contributed by atoms with Crippen LogP contribution < -0.4 is 0 Å². The molecule has 7 nitrogen and oxygen atoms in total. The second kappa shape index (κ2) is 5.68. The Kier molecular flexibility index (Phi) is 3.30. The minimum atomic E-state index is -0.415. The van der Waals surface area contributed by atoms with Crippen molar-refractivity contribution in [2.75, 3.05) is 0 Å². The van der Waals surface area contributed by atoms with Gasteiger partial charge in [-0.15, -0.1) is 11.3 Å². The van der Waals surface area contributed by atoms with E-state index in [9.17, 15) is 10.1 Å². The number of para-hydroxylation sites is 1. The number of nitro benzene ring substituents is 1. The molecule has 3 heterocycles. The van der Waals surface area contributed by atoms with Gasteiger partial charge in [0.05, 0.1) is 27.0 Å². The van der Waals surface area contributed by atoms with Crippen molar-refractivity contribution in [1.29, 1.82) is 0 Å². The number of imidazole rings is 1. The van der Waals surface area contributed by atoms with E-state index in [4.69, 9.17) is 0 Å². The van der Waals surface area contributed by atoms with E-state index in [1.807, 2.05) is 30.5 Å². The zero-order valence-electron chi connectivity index (χ0n) is 13.1. The molecule has 0 aliphatic heterocycles. The number of nitrogens with zero attached hydrogens (tertiary/aromatic N) is 5. The molecule has 0 saturated heterocycles. The van der Waals surface area contributed by atoms with Gasteiger partial charge >= 0.3 is 0 Å². The smallest absolute Gasteiger partial charge is 0.258 e. The van der Waals surface area contributed by atoms with Crippen LogP contribution in [0.5, 0.6) is 0 Å². The third kappa shape index (κ3) is 2.45. The lowest BCUT2D eigenvalue weighted by atomic mass is 10.1. The molecule has 0 N–H and O–H groups in total. The van der Waals surface area contributed by atoms with Gasteiger partial charge < -0.3 is 0 Å². The van der Waals surface area contributed by atoms with Crippen molar-refractivity contribution in [3.8, 4) is 21.3 Å². The van der Waals surface area contributed by atoms with Crippen molar-refractivity contribution in [2.24, 2.45) is 0 Å². The van der Waals surface area contributed by atoms with Crippen LogP contribution in [0.3, 0.4) is 0 Å². The van der Waals surface area contributed by atoms with Crippen molar-refractivity contribution in [2.45, 2.75) is 0 Å². The molecule has 0 amide bonds. The van der Waals surface area contributed by atoms with Crippen LogP contribution in [0.1, 0.15) is 0 Å². The fourth-order valence-corrected chi connectivity index (χ4v) is 4.50. The van der Waals surface area contributed by atoms with Crippen LogP contribution in [0.4, 0.5) is 5.69 Å². The Morgan fingerprint density at radius 3 is 2.50 bits per heavy atom. The Bertz CT molecular complexity index is 1210.